The lowest BCUT2D eigenvalue weighted by Gasteiger charge is -2.14. The van der Waals surface area contributed by atoms with Crippen LogP contribution in [-0.4, -0.2) is 27.7 Å². The molecule has 27 heavy (non-hydrogen) atoms. The standard InChI is InChI=1S/C21H26ClN3O2/c1-14(2)27-20-8-5-15(10-16(20)13-26)12-23-9-3-4-21-24-18-7-6-17(22)11-19(18)25-21/h5-8,10-11,14,23,26H,3-4,9,12-13H2,1-2H3,(H,24,25). The topological polar surface area (TPSA) is 70.2 Å². The molecule has 1 aromatic heterocycles. The monoisotopic (exact) mass is 387 g/mol. The van der Waals surface area contributed by atoms with Crippen LogP contribution in [0.15, 0.2) is 36.4 Å². The fraction of sp³-hybridized carbons (Fsp3) is 0.381. The van der Waals surface area contributed by atoms with E-state index in [4.69, 9.17) is 16.3 Å². The molecule has 1 heterocycles. The Hall–Kier alpha value is -2.08. The highest BCUT2D eigenvalue weighted by Gasteiger charge is 2.07. The molecule has 0 aliphatic carbocycles. The Balaban J connectivity index is 1.46. The number of halogens is 1. The number of imidazole rings is 1. The number of H-pyrrole nitrogens is 1. The summed E-state index contributed by atoms with van der Waals surface area (Å²) >= 11 is 6.01. The van der Waals surface area contributed by atoms with Gasteiger partial charge in [0.2, 0.25) is 0 Å². The fourth-order valence-electron chi connectivity index (χ4n) is 3.00. The molecule has 0 aliphatic rings. The summed E-state index contributed by atoms with van der Waals surface area (Å²) in [4.78, 5) is 7.90. The maximum Gasteiger partial charge on any atom is 0.125 e. The quantitative estimate of drug-likeness (QED) is 0.481. The average Bonchev–Trinajstić information content (AvgIpc) is 3.03. The van der Waals surface area contributed by atoms with Gasteiger partial charge in [0.1, 0.15) is 11.6 Å². The zero-order valence-electron chi connectivity index (χ0n) is 15.8. The van der Waals surface area contributed by atoms with E-state index in [2.05, 4.69) is 15.3 Å². The number of hydrogen-bond acceptors (Lipinski definition) is 4. The lowest BCUT2D eigenvalue weighted by Crippen LogP contribution is -2.16. The van der Waals surface area contributed by atoms with Gasteiger partial charge in [0.15, 0.2) is 0 Å². The van der Waals surface area contributed by atoms with Crippen molar-refractivity contribution in [3.63, 3.8) is 0 Å². The third-order valence-electron chi connectivity index (χ3n) is 4.25. The molecule has 0 aliphatic heterocycles. The minimum atomic E-state index is -0.0219. The van der Waals surface area contributed by atoms with E-state index >= 15 is 0 Å². The van der Waals surface area contributed by atoms with Crippen molar-refractivity contribution < 1.29 is 9.84 Å². The molecular formula is C21H26ClN3O2. The Kier molecular flexibility index (Phi) is 6.72. The van der Waals surface area contributed by atoms with Crippen molar-refractivity contribution in [1.29, 1.82) is 0 Å². The van der Waals surface area contributed by atoms with Gasteiger partial charge in [-0.15, -0.1) is 0 Å². The van der Waals surface area contributed by atoms with Crippen molar-refractivity contribution in [3.8, 4) is 5.75 Å². The number of nitrogens with one attached hydrogen (secondary N) is 2. The van der Waals surface area contributed by atoms with E-state index in [1.807, 2.05) is 50.2 Å². The average molecular weight is 388 g/mol. The zero-order valence-corrected chi connectivity index (χ0v) is 16.5. The van der Waals surface area contributed by atoms with Crippen LogP contribution in [0.1, 0.15) is 37.2 Å². The lowest BCUT2D eigenvalue weighted by molar-refractivity contribution is 0.225. The predicted octanol–water partition coefficient (Wildman–Crippen LogP) is 4.22. The SMILES string of the molecule is CC(C)Oc1ccc(CNCCCc2nc3ccc(Cl)cc3[nH]2)cc1CO. The highest BCUT2D eigenvalue weighted by molar-refractivity contribution is 6.31. The number of aromatic nitrogens is 2. The van der Waals surface area contributed by atoms with Gasteiger partial charge in [-0.05, 0) is 62.7 Å². The molecule has 3 rings (SSSR count). The second kappa shape index (κ2) is 9.22. The molecule has 3 aromatic rings. The van der Waals surface area contributed by atoms with E-state index in [0.717, 1.165) is 59.7 Å². The predicted molar refractivity (Wildman–Crippen MR) is 109 cm³/mol. The van der Waals surface area contributed by atoms with Gasteiger partial charge >= 0.3 is 0 Å². The molecule has 6 heteroatoms. The van der Waals surface area contributed by atoms with Crippen molar-refractivity contribution in [2.75, 3.05) is 6.54 Å². The van der Waals surface area contributed by atoms with Crippen molar-refractivity contribution in [2.45, 2.75) is 45.9 Å². The first-order chi connectivity index (χ1) is 13.0. The number of aryl methyl sites for hydroxylation is 1. The van der Waals surface area contributed by atoms with Gasteiger partial charge in [0.05, 0.1) is 23.7 Å². The normalized spacial score (nSPS) is 11.4. The van der Waals surface area contributed by atoms with E-state index in [1.165, 1.54) is 0 Å². The summed E-state index contributed by atoms with van der Waals surface area (Å²) in [5.41, 5.74) is 3.88. The Morgan fingerprint density at radius 1 is 1.22 bits per heavy atom. The Morgan fingerprint density at radius 3 is 2.85 bits per heavy atom. The largest absolute Gasteiger partial charge is 0.491 e. The summed E-state index contributed by atoms with van der Waals surface area (Å²) in [6.07, 6.45) is 1.95. The molecule has 0 amide bonds. The molecule has 5 nitrogen and oxygen atoms in total. The fourth-order valence-corrected chi connectivity index (χ4v) is 3.17. The van der Waals surface area contributed by atoms with E-state index in [-0.39, 0.29) is 12.7 Å². The third kappa shape index (κ3) is 5.45. The van der Waals surface area contributed by atoms with Crippen LogP contribution in [0.25, 0.3) is 11.0 Å². The molecule has 0 unspecified atom stereocenters. The number of benzene rings is 2. The molecular weight excluding hydrogens is 362 g/mol. The Bertz CT molecular complexity index is 892. The first kappa shape index (κ1) is 19.7. The van der Waals surface area contributed by atoms with Crippen LogP contribution in [0, 0.1) is 0 Å². The number of aliphatic hydroxyl groups excluding tert-OH is 1. The molecule has 3 N–H and O–H groups in total. The maximum absolute atomic E-state index is 9.55. The Morgan fingerprint density at radius 2 is 2.07 bits per heavy atom. The zero-order chi connectivity index (χ0) is 19.2. The van der Waals surface area contributed by atoms with Crippen LogP contribution in [0.2, 0.25) is 5.02 Å². The van der Waals surface area contributed by atoms with E-state index in [0.29, 0.717) is 5.02 Å². The van der Waals surface area contributed by atoms with Crippen molar-refractivity contribution in [3.05, 3.63) is 58.4 Å². The summed E-state index contributed by atoms with van der Waals surface area (Å²) in [5, 5.41) is 13.7. The van der Waals surface area contributed by atoms with E-state index < -0.39 is 0 Å². The van der Waals surface area contributed by atoms with Crippen LogP contribution in [0.5, 0.6) is 5.75 Å². The van der Waals surface area contributed by atoms with E-state index in [9.17, 15) is 5.11 Å². The molecule has 0 fully saturated rings. The summed E-state index contributed by atoms with van der Waals surface area (Å²) in [7, 11) is 0. The van der Waals surface area contributed by atoms with Gasteiger partial charge in [-0.2, -0.15) is 0 Å². The number of ether oxygens (including phenoxy) is 1. The second-order valence-electron chi connectivity index (χ2n) is 6.89. The summed E-state index contributed by atoms with van der Waals surface area (Å²) in [6.45, 7) is 5.58. The maximum atomic E-state index is 9.55. The van der Waals surface area contributed by atoms with E-state index in [1.54, 1.807) is 0 Å². The van der Waals surface area contributed by atoms with Crippen molar-refractivity contribution >= 4 is 22.6 Å². The number of aromatic amines is 1. The first-order valence-electron chi connectivity index (χ1n) is 9.29. The second-order valence-corrected chi connectivity index (χ2v) is 7.33. The number of rotatable bonds is 9. The Labute approximate surface area is 164 Å². The number of nitrogens with zero attached hydrogens (tertiary/aromatic N) is 1. The number of hydrogen-bond donors (Lipinski definition) is 3. The summed E-state index contributed by atoms with van der Waals surface area (Å²) in [5.74, 6) is 1.73. The minimum absolute atomic E-state index is 0.0219. The van der Waals surface area contributed by atoms with Crippen molar-refractivity contribution in [1.82, 2.24) is 15.3 Å². The number of aliphatic hydroxyl groups is 1. The van der Waals surface area contributed by atoms with Crippen LogP contribution < -0.4 is 10.1 Å². The molecule has 2 aromatic carbocycles. The molecule has 0 spiro atoms. The minimum Gasteiger partial charge on any atom is -0.491 e. The van der Waals surface area contributed by atoms with Crippen LogP contribution in [0.4, 0.5) is 0 Å². The van der Waals surface area contributed by atoms with Gasteiger partial charge in [-0.25, -0.2) is 4.98 Å². The van der Waals surface area contributed by atoms with Gasteiger partial charge < -0.3 is 20.1 Å². The molecule has 0 atom stereocenters. The molecule has 0 saturated heterocycles. The van der Waals surface area contributed by atoms with Crippen molar-refractivity contribution in [2.24, 2.45) is 0 Å². The highest BCUT2D eigenvalue weighted by Crippen LogP contribution is 2.22. The van der Waals surface area contributed by atoms with Gasteiger partial charge in [-0.1, -0.05) is 17.7 Å². The number of fused-ring (bicyclic) bond motifs is 1. The van der Waals surface area contributed by atoms with Crippen LogP contribution in [0.3, 0.4) is 0 Å². The molecule has 0 saturated carbocycles. The van der Waals surface area contributed by atoms with Crippen LogP contribution >= 0.6 is 11.6 Å². The smallest absolute Gasteiger partial charge is 0.125 e. The van der Waals surface area contributed by atoms with Gasteiger partial charge in [-0.3, -0.25) is 0 Å². The lowest BCUT2D eigenvalue weighted by atomic mass is 10.1. The third-order valence-corrected chi connectivity index (χ3v) is 4.48. The summed E-state index contributed by atoms with van der Waals surface area (Å²) < 4.78 is 5.72. The molecule has 0 radical (unpaired) electrons. The molecule has 144 valence electrons. The first-order valence-corrected chi connectivity index (χ1v) is 9.67. The summed E-state index contributed by atoms with van der Waals surface area (Å²) in [6, 6.07) is 11.6. The highest BCUT2D eigenvalue weighted by atomic mass is 35.5. The van der Waals surface area contributed by atoms with Crippen LogP contribution in [-0.2, 0) is 19.6 Å². The van der Waals surface area contributed by atoms with Gasteiger partial charge in [0.25, 0.3) is 0 Å². The molecule has 0 bridgehead atoms. The van der Waals surface area contributed by atoms with Gasteiger partial charge in [0, 0.05) is 23.6 Å².